The number of carbonyl (C=O) groups excluding carboxylic acids is 1. The summed E-state index contributed by atoms with van der Waals surface area (Å²) < 4.78 is 6.43. The van der Waals surface area contributed by atoms with Crippen molar-refractivity contribution in [2.75, 3.05) is 72.5 Å². The van der Waals surface area contributed by atoms with Gasteiger partial charge in [-0.1, -0.05) is 11.3 Å². The Hall–Kier alpha value is -3.02. The molecule has 3 fully saturated rings. The summed E-state index contributed by atoms with van der Waals surface area (Å²) in [6, 6.07) is 5.68. The number of anilines is 4. The smallest absolute Gasteiger partial charge is 0.274 e. The van der Waals surface area contributed by atoms with E-state index in [4.69, 9.17) is 14.7 Å². The maximum atomic E-state index is 13.3. The molecule has 6 heterocycles. The van der Waals surface area contributed by atoms with Gasteiger partial charge < -0.3 is 29.9 Å². The number of nitrogens with zero attached hydrogens (tertiary/aromatic N) is 6. The molecule has 3 aromatic rings. The number of hydrogen-bond donors (Lipinski definition) is 2. The van der Waals surface area contributed by atoms with Crippen LogP contribution in [-0.4, -0.2) is 84.6 Å². The first-order valence-corrected chi connectivity index (χ1v) is 13.6. The molecule has 3 aliphatic heterocycles. The summed E-state index contributed by atoms with van der Waals surface area (Å²) in [5.41, 5.74) is 2.65. The van der Waals surface area contributed by atoms with Crippen molar-refractivity contribution in [3.8, 4) is 0 Å². The van der Waals surface area contributed by atoms with Crippen LogP contribution in [0, 0.1) is 0 Å². The fourth-order valence-electron chi connectivity index (χ4n) is 5.07. The predicted octanol–water partition coefficient (Wildman–Crippen LogP) is 2.74. The second kappa shape index (κ2) is 10.2. The van der Waals surface area contributed by atoms with Crippen LogP contribution < -0.4 is 20.0 Å². The standard InChI is InChI=1S/C25H31N7O3S/c33-18-5-9-32(16-18)17-4-6-26-20(14-17)24(34)27-19-15-21-22(28-23(19)30-7-2-1-3-8-30)29-25(36-21)31-10-12-35-13-11-31/h4,6,14-15,18,33H,1-3,5,7-13,16H2,(H,27,34)/t18-/m0/s1. The highest BCUT2D eigenvalue weighted by Crippen LogP contribution is 2.35. The quantitative estimate of drug-likeness (QED) is 0.537. The molecule has 3 saturated heterocycles. The Kier molecular flexibility index (Phi) is 6.60. The van der Waals surface area contributed by atoms with E-state index in [1.165, 1.54) is 6.42 Å². The average Bonchev–Trinajstić information content (AvgIpc) is 3.55. The van der Waals surface area contributed by atoms with Crippen LogP contribution in [0.4, 0.5) is 22.3 Å². The summed E-state index contributed by atoms with van der Waals surface area (Å²) in [6.07, 6.45) is 5.47. The van der Waals surface area contributed by atoms with Crippen molar-refractivity contribution >= 4 is 49.9 Å². The lowest BCUT2D eigenvalue weighted by molar-refractivity contribution is 0.102. The predicted molar refractivity (Wildman–Crippen MR) is 142 cm³/mol. The second-order valence-corrected chi connectivity index (χ2v) is 10.6. The minimum atomic E-state index is -0.331. The van der Waals surface area contributed by atoms with Gasteiger partial charge in [-0.05, 0) is 43.9 Å². The molecule has 0 aliphatic carbocycles. The highest BCUT2D eigenvalue weighted by Gasteiger charge is 2.24. The topological polar surface area (TPSA) is 107 Å². The zero-order valence-corrected chi connectivity index (χ0v) is 21.0. The van der Waals surface area contributed by atoms with Gasteiger partial charge in [0, 0.05) is 51.2 Å². The molecule has 0 spiro atoms. The molecule has 1 amide bonds. The lowest BCUT2D eigenvalue weighted by Gasteiger charge is -2.29. The van der Waals surface area contributed by atoms with Crippen molar-refractivity contribution in [3.05, 3.63) is 30.1 Å². The zero-order valence-electron chi connectivity index (χ0n) is 20.2. The van der Waals surface area contributed by atoms with Crippen molar-refractivity contribution in [2.24, 2.45) is 0 Å². The van der Waals surface area contributed by atoms with Crippen molar-refractivity contribution in [2.45, 2.75) is 31.8 Å². The van der Waals surface area contributed by atoms with E-state index in [0.717, 1.165) is 73.3 Å². The minimum absolute atomic E-state index is 0.270. The van der Waals surface area contributed by atoms with E-state index >= 15 is 0 Å². The number of aliphatic hydroxyl groups excluding tert-OH is 1. The third kappa shape index (κ3) is 4.82. The van der Waals surface area contributed by atoms with E-state index in [9.17, 15) is 9.90 Å². The molecule has 0 aromatic carbocycles. The van der Waals surface area contributed by atoms with Crippen LogP contribution in [0.1, 0.15) is 36.2 Å². The van der Waals surface area contributed by atoms with Gasteiger partial charge in [0.2, 0.25) is 0 Å². The molecule has 6 rings (SSSR count). The number of aromatic nitrogens is 3. The molecule has 11 heteroatoms. The van der Waals surface area contributed by atoms with Gasteiger partial charge in [0.15, 0.2) is 16.6 Å². The summed E-state index contributed by atoms with van der Waals surface area (Å²) in [5.74, 6) is 0.502. The number of rotatable bonds is 5. The zero-order chi connectivity index (χ0) is 24.5. The molecule has 10 nitrogen and oxygen atoms in total. The van der Waals surface area contributed by atoms with Gasteiger partial charge in [0.05, 0.1) is 29.7 Å². The number of amides is 1. The third-order valence-corrected chi connectivity index (χ3v) is 8.09. The monoisotopic (exact) mass is 509 g/mol. The van der Waals surface area contributed by atoms with Crippen LogP contribution in [0.3, 0.4) is 0 Å². The van der Waals surface area contributed by atoms with Crippen molar-refractivity contribution in [1.29, 1.82) is 0 Å². The molecule has 3 aromatic heterocycles. The summed E-state index contributed by atoms with van der Waals surface area (Å²) in [6.45, 7) is 6.19. The largest absolute Gasteiger partial charge is 0.391 e. The Morgan fingerprint density at radius 1 is 1.03 bits per heavy atom. The Bertz CT molecular complexity index is 1240. The number of piperidine rings is 1. The average molecular weight is 510 g/mol. The van der Waals surface area contributed by atoms with E-state index in [2.05, 4.69) is 25.0 Å². The molecular formula is C25H31N7O3S. The van der Waals surface area contributed by atoms with Crippen LogP contribution in [0.2, 0.25) is 0 Å². The van der Waals surface area contributed by atoms with Gasteiger partial charge in [-0.2, -0.15) is 4.98 Å². The first-order valence-electron chi connectivity index (χ1n) is 12.7. The second-order valence-electron chi connectivity index (χ2n) is 9.57. The van der Waals surface area contributed by atoms with Crippen LogP contribution in [0.5, 0.6) is 0 Å². The van der Waals surface area contributed by atoms with Gasteiger partial charge in [-0.3, -0.25) is 9.78 Å². The fourth-order valence-corrected chi connectivity index (χ4v) is 6.07. The van der Waals surface area contributed by atoms with E-state index in [-0.39, 0.29) is 12.0 Å². The van der Waals surface area contributed by atoms with Crippen molar-refractivity contribution < 1.29 is 14.6 Å². The maximum absolute atomic E-state index is 13.3. The number of carbonyl (C=O) groups is 1. The summed E-state index contributed by atoms with van der Waals surface area (Å²) in [7, 11) is 0. The maximum Gasteiger partial charge on any atom is 0.274 e. The molecule has 2 N–H and O–H groups in total. The Morgan fingerprint density at radius 3 is 2.64 bits per heavy atom. The van der Waals surface area contributed by atoms with Gasteiger partial charge in [-0.15, -0.1) is 0 Å². The first kappa shape index (κ1) is 23.4. The first-order chi connectivity index (χ1) is 17.6. The highest BCUT2D eigenvalue weighted by atomic mass is 32.1. The normalized spacial score (nSPS) is 20.8. The Morgan fingerprint density at radius 2 is 1.86 bits per heavy atom. The van der Waals surface area contributed by atoms with E-state index in [1.54, 1.807) is 23.6 Å². The number of hydrogen-bond acceptors (Lipinski definition) is 10. The SMILES string of the molecule is O=C(Nc1cc2sc(N3CCOCC3)nc2nc1N1CCCCC1)c1cc(N2CC[C@H](O)C2)ccn1. The Labute approximate surface area is 213 Å². The number of fused-ring (bicyclic) bond motifs is 1. The summed E-state index contributed by atoms with van der Waals surface area (Å²) in [5, 5.41) is 13.9. The lowest BCUT2D eigenvalue weighted by atomic mass is 10.1. The number of morpholine rings is 1. The van der Waals surface area contributed by atoms with Crippen LogP contribution in [0.25, 0.3) is 10.3 Å². The molecule has 1 atom stereocenters. The number of thiazole rings is 1. The Balaban J connectivity index is 1.30. The van der Waals surface area contributed by atoms with Crippen molar-refractivity contribution in [1.82, 2.24) is 15.0 Å². The van der Waals surface area contributed by atoms with Gasteiger partial charge >= 0.3 is 0 Å². The summed E-state index contributed by atoms with van der Waals surface area (Å²) >= 11 is 1.60. The number of β-amino-alcohol motifs (C(OH)–C–C–N with tert-alkyl or cyclic N) is 1. The molecule has 3 aliphatic rings. The van der Waals surface area contributed by atoms with Crippen LogP contribution in [0.15, 0.2) is 24.4 Å². The molecule has 0 unspecified atom stereocenters. The van der Waals surface area contributed by atoms with Crippen molar-refractivity contribution in [3.63, 3.8) is 0 Å². The van der Waals surface area contributed by atoms with Crippen LogP contribution >= 0.6 is 11.3 Å². The van der Waals surface area contributed by atoms with Crippen LogP contribution in [-0.2, 0) is 4.74 Å². The van der Waals surface area contributed by atoms with E-state index in [0.29, 0.717) is 36.8 Å². The highest BCUT2D eigenvalue weighted by molar-refractivity contribution is 7.22. The molecule has 190 valence electrons. The molecule has 0 saturated carbocycles. The van der Waals surface area contributed by atoms with Gasteiger partial charge in [-0.25, -0.2) is 4.98 Å². The lowest BCUT2D eigenvalue weighted by Crippen LogP contribution is -2.36. The number of aliphatic hydroxyl groups is 1. The van der Waals surface area contributed by atoms with Gasteiger partial charge in [0.25, 0.3) is 5.91 Å². The summed E-state index contributed by atoms with van der Waals surface area (Å²) in [4.78, 5) is 34.0. The molecule has 36 heavy (non-hydrogen) atoms. The minimum Gasteiger partial charge on any atom is -0.391 e. The van der Waals surface area contributed by atoms with E-state index in [1.807, 2.05) is 12.1 Å². The number of nitrogens with one attached hydrogen (secondary N) is 1. The molecular weight excluding hydrogens is 478 g/mol. The fraction of sp³-hybridized carbons (Fsp3) is 0.520. The molecule has 0 radical (unpaired) electrons. The van der Waals surface area contributed by atoms with E-state index < -0.39 is 0 Å². The molecule has 0 bridgehead atoms. The third-order valence-electron chi connectivity index (χ3n) is 7.04. The number of pyridine rings is 2. The van der Waals surface area contributed by atoms with Gasteiger partial charge in [0.1, 0.15) is 5.69 Å². The number of ether oxygens (including phenoxy) is 1.